The summed E-state index contributed by atoms with van der Waals surface area (Å²) in [4.78, 5) is 11.8. The average Bonchev–Trinajstić information content (AvgIpc) is 2.41. The highest BCUT2D eigenvalue weighted by Crippen LogP contribution is 2.18. The minimum Gasteiger partial charge on any atom is -0.444 e. The van der Waals surface area contributed by atoms with Crippen molar-refractivity contribution < 1.29 is 19.0 Å². The Hall–Kier alpha value is -0.230. The molecule has 3 atom stereocenters. The lowest BCUT2D eigenvalue weighted by molar-refractivity contribution is -0.187. The second-order valence-corrected chi connectivity index (χ2v) is 6.65. The third kappa shape index (κ3) is 7.54. The van der Waals surface area contributed by atoms with Crippen LogP contribution in [0, 0.1) is 0 Å². The smallest absolute Gasteiger partial charge is 0.408 e. The molecule has 0 radical (unpaired) electrons. The number of amides is 1. The maximum Gasteiger partial charge on any atom is 0.408 e. The maximum atomic E-state index is 11.8. The molecule has 5 nitrogen and oxygen atoms in total. The minimum atomic E-state index is -0.565. The molecule has 0 spiro atoms. The molecular weight excluding hydrogens is 317 g/mol. The van der Waals surface area contributed by atoms with Gasteiger partial charge >= 0.3 is 6.09 Å². The lowest BCUT2D eigenvalue weighted by Gasteiger charge is -2.31. The Bertz CT molecular complexity index is 317. The number of rotatable bonds is 6. The molecule has 0 aromatic carbocycles. The number of carbonyl (C=O) groups is 1. The van der Waals surface area contributed by atoms with Gasteiger partial charge in [-0.1, -0.05) is 0 Å². The number of halogens is 2. The van der Waals surface area contributed by atoms with Crippen LogP contribution in [0.25, 0.3) is 0 Å². The van der Waals surface area contributed by atoms with Crippen molar-refractivity contribution in [1.82, 2.24) is 5.32 Å². The van der Waals surface area contributed by atoms with Crippen LogP contribution in [-0.4, -0.2) is 48.5 Å². The monoisotopic (exact) mass is 341 g/mol. The number of carbonyl (C=O) groups excluding carboxylic acids is 1. The molecule has 1 saturated heterocycles. The molecule has 1 rings (SSSR count). The van der Waals surface area contributed by atoms with E-state index in [0.29, 0.717) is 6.61 Å². The number of hydrogen-bond acceptors (Lipinski definition) is 4. The van der Waals surface area contributed by atoms with Crippen molar-refractivity contribution in [1.29, 1.82) is 0 Å². The van der Waals surface area contributed by atoms with E-state index in [4.69, 9.17) is 37.4 Å². The summed E-state index contributed by atoms with van der Waals surface area (Å²) < 4.78 is 16.6. The van der Waals surface area contributed by atoms with Gasteiger partial charge in [0.15, 0.2) is 6.29 Å². The summed E-state index contributed by atoms with van der Waals surface area (Å²) in [5.74, 6) is 0.399. The number of alkyl carbamates (subject to hydrolysis) is 1. The molecule has 1 N–H and O–H groups in total. The van der Waals surface area contributed by atoms with E-state index < -0.39 is 23.8 Å². The summed E-state index contributed by atoms with van der Waals surface area (Å²) in [7, 11) is 0. The third-order valence-electron chi connectivity index (χ3n) is 2.93. The van der Waals surface area contributed by atoms with Crippen molar-refractivity contribution >= 4 is 29.3 Å². The van der Waals surface area contributed by atoms with Gasteiger partial charge in [-0.2, -0.15) is 0 Å². The van der Waals surface area contributed by atoms with Crippen LogP contribution in [0.15, 0.2) is 0 Å². The molecule has 7 heteroatoms. The number of ether oxygens (including phenoxy) is 3. The number of nitrogens with one attached hydrogen (secondary N) is 1. The Morgan fingerprint density at radius 1 is 1.33 bits per heavy atom. The van der Waals surface area contributed by atoms with Gasteiger partial charge in [0.25, 0.3) is 0 Å². The van der Waals surface area contributed by atoms with E-state index in [1.54, 1.807) is 20.8 Å². The van der Waals surface area contributed by atoms with Gasteiger partial charge in [0.05, 0.1) is 18.0 Å². The van der Waals surface area contributed by atoms with E-state index in [1.807, 2.05) is 0 Å². The quantitative estimate of drug-likeness (QED) is 0.753. The van der Waals surface area contributed by atoms with Gasteiger partial charge < -0.3 is 19.5 Å². The van der Waals surface area contributed by atoms with Crippen LogP contribution in [0.3, 0.4) is 0 Å². The van der Waals surface area contributed by atoms with Gasteiger partial charge in [-0.05, 0) is 40.0 Å². The second kappa shape index (κ2) is 9.03. The van der Waals surface area contributed by atoms with Crippen molar-refractivity contribution in [3.63, 3.8) is 0 Å². The molecule has 21 heavy (non-hydrogen) atoms. The average molecular weight is 342 g/mol. The molecule has 0 aromatic heterocycles. The van der Waals surface area contributed by atoms with E-state index in [0.717, 1.165) is 19.3 Å². The zero-order chi connectivity index (χ0) is 15.9. The topological polar surface area (TPSA) is 56.8 Å². The fraction of sp³-hybridized carbons (Fsp3) is 0.929. The zero-order valence-corrected chi connectivity index (χ0v) is 14.4. The summed E-state index contributed by atoms with van der Waals surface area (Å²) in [6.45, 7) is 6.08. The van der Waals surface area contributed by atoms with Crippen LogP contribution < -0.4 is 5.32 Å². The van der Waals surface area contributed by atoms with Gasteiger partial charge in [-0.15, -0.1) is 23.2 Å². The largest absolute Gasteiger partial charge is 0.444 e. The van der Waals surface area contributed by atoms with E-state index in [-0.39, 0.29) is 18.1 Å². The highest BCUT2D eigenvalue weighted by atomic mass is 35.5. The van der Waals surface area contributed by atoms with Crippen molar-refractivity contribution in [3.8, 4) is 0 Å². The van der Waals surface area contributed by atoms with Gasteiger partial charge in [-0.25, -0.2) is 4.79 Å². The SMILES string of the molecule is CC(C)(C)OC(=O)N[C@@H](CCl)[C@@H](CCl)OC1CCCCO1. The molecule has 1 fully saturated rings. The Morgan fingerprint density at radius 2 is 2.05 bits per heavy atom. The molecule has 1 heterocycles. The first-order chi connectivity index (χ1) is 9.85. The third-order valence-corrected chi connectivity index (χ3v) is 3.57. The lowest BCUT2D eigenvalue weighted by Crippen LogP contribution is -2.49. The molecule has 124 valence electrons. The number of hydrogen-bond donors (Lipinski definition) is 1. The Morgan fingerprint density at radius 3 is 2.52 bits per heavy atom. The van der Waals surface area contributed by atoms with E-state index >= 15 is 0 Å². The van der Waals surface area contributed by atoms with Crippen LogP contribution in [0.1, 0.15) is 40.0 Å². The first kappa shape index (κ1) is 18.8. The lowest BCUT2D eigenvalue weighted by atomic mass is 10.2. The Labute approximate surface area is 136 Å². The van der Waals surface area contributed by atoms with Crippen molar-refractivity contribution in [2.45, 2.75) is 64.1 Å². The summed E-state index contributed by atoms with van der Waals surface area (Å²) in [6, 6.07) is -0.426. The predicted octanol–water partition coefficient (Wildman–Crippen LogP) is 3.27. The summed E-state index contributed by atoms with van der Waals surface area (Å²) in [6.07, 6.45) is 1.70. The fourth-order valence-electron chi connectivity index (χ4n) is 1.94. The van der Waals surface area contributed by atoms with Crippen LogP contribution in [-0.2, 0) is 14.2 Å². The van der Waals surface area contributed by atoms with Gasteiger partial charge in [0, 0.05) is 12.5 Å². The fourth-order valence-corrected chi connectivity index (χ4v) is 2.51. The predicted molar refractivity (Wildman–Crippen MR) is 83.1 cm³/mol. The molecule has 1 unspecified atom stereocenters. The highest BCUT2D eigenvalue weighted by molar-refractivity contribution is 6.19. The Balaban J connectivity index is 2.51. The summed E-state index contributed by atoms with van der Waals surface area (Å²) in [5.41, 5.74) is -0.565. The van der Waals surface area contributed by atoms with Crippen molar-refractivity contribution in [2.75, 3.05) is 18.4 Å². The van der Waals surface area contributed by atoms with Crippen LogP contribution in [0.2, 0.25) is 0 Å². The molecule has 1 amide bonds. The zero-order valence-electron chi connectivity index (χ0n) is 12.9. The maximum absolute atomic E-state index is 11.8. The molecular formula is C14H25Cl2NO4. The normalized spacial score (nSPS) is 22.4. The van der Waals surface area contributed by atoms with Gasteiger partial charge in [0.1, 0.15) is 5.60 Å². The molecule has 1 aliphatic heterocycles. The first-order valence-electron chi connectivity index (χ1n) is 7.24. The van der Waals surface area contributed by atoms with E-state index in [9.17, 15) is 4.79 Å². The molecule has 0 bridgehead atoms. The molecule has 1 aliphatic rings. The van der Waals surface area contributed by atoms with E-state index in [2.05, 4.69) is 5.32 Å². The number of alkyl halides is 2. The van der Waals surface area contributed by atoms with Gasteiger partial charge in [0.2, 0.25) is 0 Å². The highest BCUT2D eigenvalue weighted by Gasteiger charge is 2.28. The summed E-state index contributed by atoms with van der Waals surface area (Å²) in [5, 5.41) is 2.71. The van der Waals surface area contributed by atoms with E-state index in [1.165, 1.54) is 0 Å². The first-order valence-corrected chi connectivity index (χ1v) is 8.31. The molecule has 0 saturated carbocycles. The summed E-state index contributed by atoms with van der Waals surface area (Å²) >= 11 is 11.9. The Kier molecular flexibility index (Phi) is 8.09. The van der Waals surface area contributed by atoms with Crippen LogP contribution in [0.4, 0.5) is 4.79 Å². The molecule has 0 aromatic rings. The standard InChI is InChI=1S/C14H25Cl2NO4/c1-14(2,3)21-13(18)17-10(8-15)11(9-16)20-12-6-4-5-7-19-12/h10-12H,4-9H2,1-3H3,(H,17,18)/t10-,11+,12?/m0/s1. The molecule has 0 aliphatic carbocycles. The van der Waals surface area contributed by atoms with Crippen molar-refractivity contribution in [3.05, 3.63) is 0 Å². The minimum absolute atomic E-state index is 0.184. The van der Waals surface area contributed by atoms with Crippen LogP contribution >= 0.6 is 23.2 Å². The van der Waals surface area contributed by atoms with Crippen LogP contribution in [0.5, 0.6) is 0 Å². The van der Waals surface area contributed by atoms with Gasteiger partial charge in [-0.3, -0.25) is 0 Å². The van der Waals surface area contributed by atoms with Crippen molar-refractivity contribution in [2.24, 2.45) is 0 Å². The second-order valence-electron chi connectivity index (χ2n) is 6.03.